The van der Waals surface area contributed by atoms with E-state index < -0.39 is 10.1 Å². The monoisotopic (exact) mass is 425 g/mol. The summed E-state index contributed by atoms with van der Waals surface area (Å²) in [6, 6.07) is 18.5. The van der Waals surface area contributed by atoms with Crippen LogP contribution in [-0.2, 0) is 10.1 Å². The molecule has 0 aliphatic rings. The summed E-state index contributed by atoms with van der Waals surface area (Å²) in [7, 11) is -2.79. The van der Waals surface area contributed by atoms with Gasteiger partial charge in [-0.1, -0.05) is 35.9 Å². The summed E-state index contributed by atoms with van der Waals surface area (Å²) in [5.41, 5.74) is 4.28. The van der Waals surface area contributed by atoms with E-state index in [1.807, 2.05) is 43.3 Å². The third kappa shape index (κ3) is 6.04. The molecule has 30 heavy (non-hydrogen) atoms. The number of methoxy groups -OCH3 is 1. The van der Waals surface area contributed by atoms with Crippen molar-refractivity contribution in [1.29, 1.82) is 5.39 Å². The van der Waals surface area contributed by atoms with E-state index in [1.165, 1.54) is 7.11 Å². The van der Waals surface area contributed by atoms with E-state index in [0.717, 1.165) is 16.9 Å². The smallest absolute Gasteiger partial charge is 0.426 e. The summed E-state index contributed by atoms with van der Waals surface area (Å²) in [4.78, 5) is 3.05. The summed E-state index contributed by atoms with van der Waals surface area (Å²) < 4.78 is 37.6. The van der Waals surface area contributed by atoms with Gasteiger partial charge in [-0.3, -0.25) is 0 Å². The standard InChI is InChI=1S/C13H12N3O.C9H12O3S/c1-17-13-9-11(7-8-12(13)16-14)15-10-5-3-2-4-6-10;1-6-4-7(2)9(8(3)5-6)13(10,11)12/h2-9,15H,1H3;4-5H,1-3H3,(H,10,11,12)/q+1;/p-1. The molecule has 0 radical (unpaired) electrons. The Balaban J connectivity index is 0.000000222. The van der Waals surface area contributed by atoms with Gasteiger partial charge >= 0.3 is 5.69 Å². The van der Waals surface area contributed by atoms with E-state index in [-0.39, 0.29) is 4.90 Å². The largest absolute Gasteiger partial charge is 0.744 e. The second-order valence-corrected chi connectivity index (χ2v) is 7.98. The lowest BCUT2D eigenvalue weighted by Crippen LogP contribution is -2.04. The van der Waals surface area contributed by atoms with E-state index in [9.17, 15) is 13.0 Å². The quantitative estimate of drug-likeness (QED) is 0.441. The fourth-order valence-corrected chi connectivity index (χ4v) is 3.99. The van der Waals surface area contributed by atoms with E-state index in [4.69, 9.17) is 10.1 Å². The van der Waals surface area contributed by atoms with Crippen LogP contribution in [0.4, 0.5) is 17.1 Å². The molecule has 0 aliphatic heterocycles. The first kappa shape index (κ1) is 22.9. The van der Waals surface area contributed by atoms with Crippen LogP contribution in [-0.4, -0.2) is 20.1 Å². The lowest BCUT2D eigenvalue weighted by Gasteiger charge is -2.14. The van der Waals surface area contributed by atoms with Crippen LogP contribution in [0.2, 0.25) is 0 Å². The molecule has 0 bridgehead atoms. The number of hydrogen-bond donors (Lipinski definition) is 1. The van der Waals surface area contributed by atoms with E-state index in [1.54, 1.807) is 38.1 Å². The highest BCUT2D eigenvalue weighted by Gasteiger charge is 2.14. The first-order valence-corrected chi connectivity index (χ1v) is 10.5. The molecule has 0 heterocycles. The third-order valence-electron chi connectivity index (χ3n) is 4.20. The molecule has 0 fully saturated rings. The summed E-state index contributed by atoms with van der Waals surface area (Å²) in [5.74, 6) is 0.522. The van der Waals surface area contributed by atoms with Crippen molar-refractivity contribution < 1.29 is 17.7 Å². The van der Waals surface area contributed by atoms with Gasteiger partial charge in [-0.25, -0.2) is 8.42 Å². The summed E-state index contributed by atoms with van der Waals surface area (Å²) >= 11 is 0. The highest BCUT2D eigenvalue weighted by atomic mass is 32.2. The topological polar surface area (TPSA) is 107 Å². The summed E-state index contributed by atoms with van der Waals surface area (Å²) in [5, 5.41) is 12.0. The van der Waals surface area contributed by atoms with Crippen molar-refractivity contribution in [2.45, 2.75) is 25.7 Å². The molecule has 0 atom stereocenters. The Labute approximate surface area is 176 Å². The van der Waals surface area contributed by atoms with Crippen LogP contribution in [0.15, 0.2) is 65.6 Å². The van der Waals surface area contributed by atoms with Crippen molar-refractivity contribution in [2.24, 2.45) is 0 Å². The van der Waals surface area contributed by atoms with Gasteiger partial charge in [-0.2, -0.15) is 0 Å². The van der Waals surface area contributed by atoms with Crippen LogP contribution >= 0.6 is 0 Å². The number of nitrogens with zero attached hydrogens (tertiary/aromatic N) is 2. The fraction of sp³-hybridized carbons (Fsp3) is 0.182. The highest BCUT2D eigenvalue weighted by Crippen LogP contribution is 2.31. The van der Waals surface area contributed by atoms with Crippen LogP contribution in [0.1, 0.15) is 16.7 Å². The van der Waals surface area contributed by atoms with Gasteiger partial charge in [0.15, 0.2) is 4.98 Å². The average Bonchev–Trinajstić information content (AvgIpc) is 2.67. The Morgan fingerprint density at radius 1 is 0.933 bits per heavy atom. The molecule has 3 aromatic carbocycles. The number of aryl methyl sites for hydroxylation is 3. The Morgan fingerprint density at radius 2 is 1.53 bits per heavy atom. The minimum Gasteiger partial charge on any atom is -0.744 e. The number of rotatable bonds is 4. The first-order chi connectivity index (χ1) is 14.2. The van der Waals surface area contributed by atoms with Gasteiger partial charge < -0.3 is 14.6 Å². The first-order valence-electron chi connectivity index (χ1n) is 9.04. The maximum Gasteiger partial charge on any atom is 0.426 e. The Hall–Kier alpha value is -3.41. The van der Waals surface area contributed by atoms with Crippen molar-refractivity contribution in [3.8, 4) is 5.75 Å². The molecule has 0 aliphatic carbocycles. The molecule has 3 aromatic rings. The van der Waals surface area contributed by atoms with Gasteiger partial charge in [0.2, 0.25) is 11.1 Å². The molecule has 0 unspecified atom stereocenters. The Kier molecular flexibility index (Phi) is 7.53. The predicted molar refractivity (Wildman–Crippen MR) is 116 cm³/mol. The lowest BCUT2D eigenvalue weighted by molar-refractivity contribution is 0.417. The minimum atomic E-state index is -4.33. The zero-order chi connectivity index (χ0) is 22.3. The SMILES string of the molecule is COc1cc(Nc2ccccc2)ccc1[N+]#N.Cc1cc(C)c(S(=O)(=O)[O-])c(C)c1. The van der Waals surface area contributed by atoms with Crippen LogP contribution < -0.4 is 10.1 Å². The Morgan fingerprint density at radius 3 is 2.03 bits per heavy atom. The number of para-hydroxylation sites is 1. The fourth-order valence-electron chi connectivity index (χ4n) is 3.09. The summed E-state index contributed by atoms with van der Waals surface area (Å²) in [6.07, 6.45) is 0. The van der Waals surface area contributed by atoms with Crippen molar-refractivity contribution in [3.63, 3.8) is 0 Å². The molecule has 0 saturated heterocycles. The van der Waals surface area contributed by atoms with Gasteiger partial charge in [-0.05, 0) is 50.1 Å². The van der Waals surface area contributed by atoms with E-state index in [2.05, 4.69) is 10.3 Å². The second-order valence-electron chi connectivity index (χ2n) is 6.66. The van der Waals surface area contributed by atoms with Crippen molar-refractivity contribution >= 4 is 27.2 Å². The van der Waals surface area contributed by atoms with Crippen molar-refractivity contribution in [2.75, 3.05) is 12.4 Å². The molecule has 8 heteroatoms. The lowest BCUT2D eigenvalue weighted by atomic mass is 10.1. The second kappa shape index (κ2) is 9.87. The average molecular weight is 426 g/mol. The number of anilines is 2. The molecule has 0 amide bonds. The van der Waals surface area contributed by atoms with Crippen LogP contribution in [0.5, 0.6) is 5.75 Å². The van der Waals surface area contributed by atoms with E-state index in [0.29, 0.717) is 22.6 Å². The van der Waals surface area contributed by atoms with Crippen molar-refractivity contribution in [3.05, 3.63) is 82.3 Å². The van der Waals surface area contributed by atoms with Crippen LogP contribution in [0.25, 0.3) is 4.98 Å². The normalized spacial score (nSPS) is 10.4. The number of ether oxygens (including phenoxy) is 1. The van der Waals surface area contributed by atoms with Gasteiger partial charge in [0, 0.05) is 23.5 Å². The van der Waals surface area contributed by atoms with Crippen LogP contribution in [0.3, 0.4) is 0 Å². The van der Waals surface area contributed by atoms with Gasteiger partial charge in [-0.15, -0.1) is 0 Å². The molecule has 7 nitrogen and oxygen atoms in total. The number of diazo groups is 1. The maximum atomic E-state index is 10.8. The number of nitrogens with one attached hydrogen (secondary N) is 1. The third-order valence-corrected chi connectivity index (χ3v) is 5.35. The highest BCUT2D eigenvalue weighted by molar-refractivity contribution is 7.85. The number of hydrogen-bond acceptors (Lipinski definition) is 6. The van der Waals surface area contributed by atoms with Gasteiger partial charge in [0.25, 0.3) is 0 Å². The van der Waals surface area contributed by atoms with Crippen LogP contribution in [0, 0.1) is 26.2 Å². The molecule has 0 spiro atoms. The minimum absolute atomic E-state index is 0.0851. The molecule has 0 aromatic heterocycles. The van der Waals surface area contributed by atoms with Gasteiger partial charge in [0.1, 0.15) is 10.1 Å². The van der Waals surface area contributed by atoms with Crippen molar-refractivity contribution in [1.82, 2.24) is 0 Å². The number of benzene rings is 3. The maximum absolute atomic E-state index is 10.8. The van der Waals surface area contributed by atoms with E-state index >= 15 is 0 Å². The molecule has 1 N–H and O–H groups in total. The molecular weight excluding hydrogens is 402 g/mol. The zero-order valence-electron chi connectivity index (χ0n) is 17.2. The molecule has 0 saturated carbocycles. The van der Waals surface area contributed by atoms with Gasteiger partial charge in [0.05, 0.1) is 12.0 Å². The predicted octanol–water partition coefficient (Wildman–Crippen LogP) is 5.44. The molecule has 3 rings (SSSR count). The molecule has 156 valence electrons. The Bertz CT molecular complexity index is 1150. The molecular formula is C22H23N3O4S. The zero-order valence-corrected chi connectivity index (χ0v) is 18.0. The summed E-state index contributed by atoms with van der Waals surface area (Å²) in [6.45, 7) is 5.12.